The molecule has 0 spiro atoms. The van der Waals surface area contributed by atoms with Crippen molar-refractivity contribution in [2.45, 2.75) is 38.8 Å². The summed E-state index contributed by atoms with van der Waals surface area (Å²) in [7, 11) is 3.13. The number of hydrogen-bond donors (Lipinski definition) is 1. The fraction of sp³-hybridized carbons (Fsp3) is 0.556. The van der Waals surface area contributed by atoms with Crippen LogP contribution >= 0.6 is 12.2 Å². The monoisotopic (exact) mass is 363 g/mol. The summed E-state index contributed by atoms with van der Waals surface area (Å²) in [5.41, 5.74) is 0.569. The van der Waals surface area contributed by atoms with E-state index in [1.54, 1.807) is 30.9 Å². The van der Waals surface area contributed by atoms with E-state index >= 15 is 0 Å². The van der Waals surface area contributed by atoms with Crippen LogP contribution < -0.4 is 15.0 Å². The molecule has 1 saturated heterocycles. The minimum atomic E-state index is -0.0932. The smallest absolute Gasteiger partial charge is 0.262 e. The van der Waals surface area contributed by atoms with E-state index in [1.807, 2.05) is 0 Å². The highest BCUT2D eigenvalue weighted by atomic mass is 32.1. The van der Waals surface area contributed by atoms with Crippen LogP contribution in [0.15, 0.2) is 16.9 Å². The number of methoxy groups -OCH3 is 2. The number of nitrogens with one attached hydrogen (secondary N) is 1. The summed E-state index contributed by atoms with van der Waals surface area (Å²) in [4.78, 5) is 18.5. The molecule has 2 heterocycles. The van der Waals surface area contributed by atoms with Gasteiger partial charge in [-0.15, -0.1) is 0 Å². The molecule has 0 aliphatic carbocycles. The first kappa shape index (κ1) is 17.9. The van der Waals surface area contributed by atoms with Gasteiger partial charge in [0.1, 0.15) is 0 Å². The normalized spacial score (nSPS) is 18.4. The molecule has 136 valence electrons. The van der Waals surface area contributed by atoms with E-state index in [0.29, 0.717) is 39.8 Å². The molecule has 1 N–H and O–H groups in total. The minimum absolute atomic E-state index is 0.0932. The van der Waals surface area contributed by atoms with Gasteiger partial charge >= 0.3 is 0 Å². The van der Waals surface area contributed by atoms with Crippen molar-refractivity contribution in [2.75, 3.05) is 27.3 Å². The molecule has 1 atom stereocenters. The number of nitrogens with zero attached hydrogens (tertiary/aromatic N) is 2. The molecule has 1 aliphatic heterocycles. The highest BCUT2D eigenvalue weighted by Gasteiger charge is 2.18. The van der Waals surface area contributed by atoms with Crippen LogP contribution in [0.4, 0.5) is 0 Å². The van der Waals surface area contributed by atoms with Crippen LogP contribution in [0.3, 0.4) is 0 Å². The average molecular weight is 363 g/mol. The van der Waals surface area contributed by atoms with Crippen molar-refractivity contribution in [1.82, 2.24) is 14.5 Å². The number of ether oxygens (including phenoxy) is 2. The topological polar surface area (TPSA) is 59.5 Å². The highest BCUT2D eigenvalue weighted by Crippen LogP contribution is 2.29. The molecule has 1 aromatic carbocycles. The third-order valence-corrected chi connectivity index (χ3v) is 5.36. The first-order valence-corrected chi connectivity index (χ1v) is 9.09. The Morgan fingerprint density at radius 2 is 1.92 bits per heavy atom. The summed E-state index contributed by atoms with van der Waals surface area (Å²) >= 11 is 5.42. The van der Waals surface area contributed by atoms with E-state index in [0.717, 1.165) is 13.1 Å². The molecule has 0 saturated carbocycles. The molecule has 0 radical (unpaired) electrons. The number of piperidine rings is 1. The zero-order valence-corrected chi connectivity index (χ0v) is 15.8. The lowest BCUT2D eigenvalue weighted by Crippen LogP contribution is -2.40. The van der Waals surface area contributed by atoms with Gasteiger partial charge in [0, 0.05) is 25.2 Å². The number of aromatic amines is 1. The third kappa shape index (κ3) is 3.57. The quantitative estimate of drug-likeness (QED) is 0.828. The van der Waals surface area contributed by atoms with Crippen LogP contribution in [0.1, 0.15) is 26.2 Å². The second-order valence-electron chi connectivity index (χ2n) is 6.52. The molecule has 7 heteroatoms. The van der Waals surface area contributed by atoms with E-state index < -0.39 is 0 Å². The molecule has 25 heavy (non-hydrogen) atoms. The summed E-state index contributed by atoms with van der Waals surface area (Å²) in [5, 5.41) is 0.554. The number of H-pyrrole nitrogens is 1. The van der Waals surface area contributed by atoms with Gasteiger partial charge in [-0.25, -0.2) is 0 Å². The van der Waals surface area contributed by atoms with E-state index in [1.165, 1.54) is 19.3 Å². The maximum absolute atomic E-state index is 12.9. The molecule has 1 fully saturated rings. The van der Waals surface area contributed by atoms with Gasteiger partial charge in [-0.3, -0.25) is 14.3 Å². The Morgan fingerprint density at radius 1 is 1.20 bits per heavy atom. The Labute approximate surface area is 152 Å². The number of fused-ring (bicyclic) bond motifs is 1. The molecule has 2 aromatic rings. The molecule has 0 bridgehead atoms. The van der Waals surface area contributed by atoms with Crippen molar-refractivity contribution < 1.29 is 9.47 Å². The molecule has 6 nitrogen and oxygen atoms in total. The van der Waals surface area contributed by atoms with Crippen LogP contribution in [0, 0.1) is 4.77 Å². The largest absolute Gasteiger partial charge is 0.493 e. The third-order valence-electron chi connectivity index (χ3n) is 5.04. The standard InChI is InChI=1S/C18H25N3O3S/c1-12-6-4-5-7-20(12)8-9-21-17(22)13-10-15(23-2)16(24-3)11-14(13)19-18(21)25/h10-12H,4-9H2,1-3H3,(H,19,25)/t12-/m1/s1. The number of hydrogen-bond acceptors (Lipinski definition) is 5. The number of aromatic nitrogens is 2. The van der Waals surface area contributed by atoms with E-state index in [-0.39, 0.29) is 5.56 Å². The summed E-state index contributed by atoms with van der Waals surface area (Å²) in [5.74, 6) is 1.11. The van der Waals surface area contributed by atoms with E-state index in [2.05, 4.69) is 16.8 Å². The van der Waals surface area contributed by atoms with Crippen LogP contribution in [-0.2, 0) is 6.54 Å². The Morgan fingerprint density at radius 3 is 2.60 bits per heavy atom. The van der Waals surface area contributed by atoms with Gasteiger partial charge in [0.15, 0.2) is 16.3 Å². The number of likely N-dealkylation sites (tertiary alicyclic amines) is 1. The molecule has 1 aliphatic rings. The lowest BCUT2D eigenvalue weighted by molar-refractivity contribution is 0.154. The molecule has 3 rings (SSSR count). The number of rotatable bonds is 5. The van der Waals surface area contributed by atoms with E-state index in [9.17, 15) is 4.79 Å². The summed E-state index contributed by atoms with van der Waals surface area (Å²) in [6.45, 7) is 4.76. The van der Waals surface area contributed by atoms with E-state index in [4.69, 9.17) is 21.7 Å². The lowest BCUT2D eigenvalue weighted by atomic mass is 10.0. The van der Waals surface area contributed by atoms with Gasteiger partial charge in [0.2, 0.25) is 0 Å². The predicted octanol–water partition coefficient (Wildman–Crippen LogP) is 2.95. The first-order chi connectivity index (χ1) is 12.0. The van der Waals surface area contributed by atoms with Crippen LogP contribution in [0.5, 0.6) is 11.5 Å². The second-order valence-corrected chi connectivity index (χ2v) is 6.91. The Bertz CT molecular complexity index is 874. The molecule has 0 amide bonds. The van der Waals surface area contributed by atoms with Crippen molar-refractivity contribution in [2.24, 2.45) is 0 Å². The number of benzene rings is 1. The summed E-state index contributed by atoms with van der Waals surface area (Å²) in [6, 6.07) is 4.02. The van der Waals surface area contributed by atoms with Gasteiger partial charge in [-0.2, -0.15) is 0 Å². The van der Waals surface area contributed by atoms with Crippen molar-refractivity contribution in [3.8, 4) is 11.5 Å². The molecular formula is C18H25N3O3S. The van der Waals surface area contributed by atoms with Gasteiger partial charge in [-0.1, -0.05) is 6.42 Å². The maximum Gasteiger partial charge on any atom is 0.262 e. The van der Waals surface area contributed by atoms with Crippen LogP contribution in [0.2, 0.25) is 0 Å². The second kappa shape index (κ2) is 7.58. The first-order valence-electron chi connectivity index (χ1n) is 8.68. The molecule has 1 aromatic heterocycles. The Hall–Kier alpha value is -1.86. The average Bonchev–Trinajstić information content (AvgIpc) is 2.62. The fourth-order valence-corrected chi connectivity index (χ4v) is 3.79. The van der Waals surface area contributed by atoms with Crippen molar-refractivity contribution in [3.63, 3.8) is 0 Å². The summed E-state index contributed by atoms with van der Waals surface area (Å²) < 4.78 is 12.7. The SMILES string of the molecule is COc1cc2[nH]c(=S)n(CCN3CCCC[C@H]3C)c(=O)c2cc1OC. The fourth-order valence-electron chi connectivity index (χ4n) is 3.50. The zero-order valence-electron chi connectivity index (χ0n) is 15.0. The highest BCUT2D eigenvalue weighted by molar-refractivity contribution is 7.71. The van der Waals surface area contributed by atoms with Gasteiger partial charge in [0.25, 0.3) is 5.56 Å². The van der Waals surface area contributed by atoms with Crippen molar-refractivity contribution in [1.29, 1.82) is 0 Å². The minimum Gasteiger partial charge on any atom is -0.493 e. The van der Waals surface area contributed by atoms with Crippen LogP contribution in [-0.4, -0.2) is 47.8 Å². The van der Waals surface area contributed by atoms with Gasteiger partial charge < -0.3 is 14.5 Å². The van der Waals surface area contributed by atoms with Crippen LogP contribution in [0.25, 0.3) is 10.9 Å². The van der Waals surface area contributed by atoms with Crippen molar-refractivity contribution in [3.05, 3.63) is 27.3 Å². The maximum atomic E-state index is 12.9. The van der Waals surface area contributed by atoms with Gasteiger partial charge in [-0.05, 0) is 44.6 Å². The Kier molecular flexibility index (Phi) is 5.44. The molecule has 0 unspecified atom stereocenters. The Balaban J connectivity index is 1.95. The summed E-state index contributed by atoms with van der Waals surface area (Å²) in [6.07, 6.45) is 3.73. The predicted molar refractivity (Wildman–Crippen MR) is 101 cm³/mol. The van der Waals surface area contributed by atoms with Gasteiger partial charge in [0.05, 0.1) is 25.1 Å². The molecular weight excluding hydrogens is 338 g/mol. The van der Waals surface area contributed by atoms with Crippen molar-refractivity contribution >= 4 is 23.1 Å². The lowest BCUT2D eigenvalue weighted by Gasteiger charge is -2.33. The zero-order chi connectivity index (χ0) is 18.0.